The highest BCUT2D eigenvalue weighted by molar-refractivity contribution is 5.32. The van der Waals surface area contributed by atoms with Gasteiger partial charge in [0.25, 0.3) is 0 Å². The van der Waals surface area contributed by atoms with Gasteiger partial charge >= 0.3 is 0 Å². The Bertz CT molecular complexity index is 378. The Hall–Kier alpha value is -1.06. The molecule has 3 nitrogen and oxygen atoms in total. The third kappa shape index (κ3) is 3.71. The normalized spacial score (nSPS) is 13.6. The first kappa shape index (κ1) is 16.0. The van der Waals surface area contributed by atoms with Gasteiger partial charge in [-0.05, 0) is 44.4 Å². The van der Waals surface area contributed by atoms with Crippen molar-refractivity contribution in [3.8, 4) is 5.75 Å². The van der Waals surface area contributed by atoms with Gasteiger partial charge in [0, 0.05) is 7.11 Å². The van der Waals surface area contributed by atoms with Gasteiger partial charge in [-0.25, -0.2) is 0 Å². The van der Waals surface area contributed by atoms with E-state index in [-0.39, 0.29) is 17.7 Å². The van der Waals surface area contributed by atoms with Crippen molar-refractivity contribution in [1.82, 2.24) is 0 Å². The largest absolute Gasteiger partial charge is 0.491 e. The van der Waals surface area contributed by atoms with Crippen LogP contribution in [0.15, 0.2) is 24.3 Å². The molecule has 0 heterocycles. The molecule has 0 aliphatic heterocycles. The van der Waals surface area contributed by atoms with Gasteiger partial charge in [0.2, 0.25) is 0 Å². The lowest BCUT2D eigenvalue weighted by Crippen LogP contribution is -2.42. The summed E-state index contributed by atoms with van der Waals surface area (Å²) >= 11 is 0. The highest BCUT2D eigenvalue weighted by atomic mass is 16.5. The summed E-state index contributed by atoms with van der Waals surface area (Å²) in [5, 5.41) is 0. The van der Waals surface area contributed by atoms with Gasteiger partial charge < -0.3 is 15.2 Å². The minimum absolute atomic E-state index is 0.150. The summed E-state index contributed by atoms with van der Waals surface area (Å²) in [5.41, 5.74) is 7.17. The zero-order valence-electron chi connectivity index (χ0n) is 12.8. The molecule has 0 spiro atoms. The van der Waals surface area contributed by atoms with E-state index >= 15 is 0 Å². The van der Waals surface area contributed by atoms with Crippen LogP contribution in [-0.2, 0) is 4.74 Å². The molecule has 19 heavy (non-hydrogen) atoms. The standard InChI is InChI=1S/C16H27NO2/c1-6-16(7-2,18-5)15(17)13-9-8-10-14(11-13)19-12(3)4/h8-12,15H,6-7,17H2,1-5H3. The number of hydrogen-bond acceptors (Lipinski definition) is 3. The summed E-state index contributed by atoms with van der Waals surface area (Å²) < 4.78 is 11.4. The summed E-state index contributed by atoms with van der Waals surface area (Å²) in [6.45, 7) is 8.26. The molecule has 0 bridgehead atoms. The van der Waals surface area contributed by atoms with Gasteiger partial charge in [-0.3, -0.25) is 0 Å². The van der Waals surface area contributed by atoms with E-state index in [1.807, 2.05) is 38.1 Å². The third-order valence-corrected chi connectivity index (χ3v) is 3.76. The number of nitrogens with two attached hydrogens (primary N) is 1. The highest BCUT2D eigenvalue weighted by Crippen LogP contribution is 2.34. The van der Waals surface area contributed by atoms with E-state index in [9.17, 15) is 0 Å². The summed E-state index contributed by atoms with van der Waals surface area (Å²) in [6.07, 6.45) is 1.93. The number of hydrogen-bond donors (Lipinski definition) is 1. The summed E-state index contributed by atoms with van der Waals surface area (Å²) in [6, 6.07) is 7.85. The van der Waals surface area contributed by atoms with Crippen molar-refractivity contribution < 1.29 is 9.47 Å². The number of rotatable bonds is 7. The van der Waals surface area contributed by atoms with E-state index in [1.165, 1.54) is 0 Å². The molecule has 0 saturated heterocycles. The quantitative estimate of drug-likeness (QED) is 0.818. The van der Waals surface area contributed by atoms with Gasteiger partial charge in [-0.2, -0.15) is 0 Å². The molecule has 108 valence electrons. The molecule has 1 aromatic rings. The van der Waals surface area contributed by atoms with Gasteiger partial charge in [0.1, 0.15) is 5.75 Å². The Kier molecular flexibility index (Phi) is 5.83. The average Bonchev–Trinajstić information content (AvgIpc) is 2.40. The van der Waals surface area contributed by atoms with E-state index in [0.717, 1.165) is 24.2 Å². The van der Waals surface area contributed by atoms with Crippen LogP contribution in [0.5, 0.6) is 5.75 Å². The highest BCUT2D eigenvalue weighted by Gasteiger charge is 2.34. The van der Waals surface area contributed by atoms with Gasteiger partial charge in [-0.1, -0.05) is 26.0 Å². The molecule has 1 atom stereocenters. The predicted molar refractivity (Wildman–Crippen MR) is 79.5 cm³/mol. The Morgan fingerprint density at radius 3 is 2.32 bits per heavy atom. The molecule has 1 aromatic carbocycles. The predicted octanol–water partition coefficient (Wildman–Crippen LogP) is 3.68. The Morgan fingerprint density at radius 1 is 1.21 bits per heavy atom. The SMILES string of the molecule is CCC(CC)(OC)C(N)c1cccc(OC(C)C)c1. The molecular weight excluding hydrogens is 238 g/mol. The molecule has 3 heteroatoms. The molecule has 0 aromatic heterocycles. The maximum absolute atomic E-state index is 6.42. The molecule has 0 aliphatic rings. The maximum Gasteiger partial charge on any atom is 0.120 e. The topological polar surface area (TPSA) is 44.5 Å². The van der Waals surface area contributed by atoms with Crippen LogP contribution in [0.4, 0.5) is 0 Å². The lowest BCUT2D eigenvalue weighted by atomic mass is 9.84. The summed E-state index contributed by atoms with van der Waals surface area (Å²) in [5.74, 6) is 0.861. The fraction of sp³-hybridized carbons (Fsp3) is 0.625. The Morgan fingerprint density at radius 2 is 1.84 bits per heavy atom. The van der Waals surface area contributed by atoms with Gasteiger partial charge in [0.15, 0.2) is 0 Å². The number of ether oxygens (including phenoxy) is 2. The Labute approximate surface area is 117 Å². The van der Waals surface area contributed by atoms with Crippen LogP contribution in [-0.4, -0.2) is 18.8 Å². The van der Waals surface area contributed by atoms with Crippen LogP contribution in [0.25, 0.3) is 0 Å². The van der Waals surface area contributed by atoms with Crippen molar-refractivity contribution in [1.29, 1.82) is 0 Å². The van der Waals surface area contributed by atoms with E-state index in [2.05, 4.69) is 13.8 Å². The van der Waals surface area contributed by atoms with Crippen molar-refractivity contribution in [3.63, 3.8) is 0 Å². The van der Waals surface area contributed by atoms with Crippen LogP contribution in [0, 0.1) is 0 Å². The van der Waals surface area contributed by atoms with Crippen molar-refractivity contribution >= 4 is 0 Å². The average molecular weight is 265 g/mol. The molecular formula is C16H27NO2. The fourth-order valence-corrected chi connectivity index (χ4v) is 2.46. The van der Waals surface area contributed by atoms with Crippen LogP contribution in [0.2, 0.25) is 0 Å². The summed E-state index contributed by atoms with van der Waals surface area (Å²) in [4.78, 5) is 0. The van der Waals surface area contributed by atoms with Crippen LogP contribution in [0.3, 0.4) is 0 Å². The first-order valence-electron chi connectivity index (χ1n) is 7.06. The van der Waals surface area contributed by atoms with Crippen molar-refractivity contribution in [2.24, 2.45) is 5.73 Å². The molecule has 1 rings (SSSR count). The van der Waals surface area contributed by atoms with Crippen LogP contribution >= 0.6 is 0 Å². The lowest BCUT2D eigenvalue weighted by molar-refractivity contribution is -0.0386. The van der Waals surface area contributed by atoms with Crippen molar-refractivity contribution in [3.05, 3.63) is 29.8 Å². The zero-order valence-corrected chi connectivity index (χ0v) is 12.8. The van der Waals surface area contributed by atoms with E-state index in [1.54, 1.807) is 7.11 Å². The molecule has 2 N–H and O–H groups in total. The van der Waals surface area contributed by atoms with Gasteiger partial charge in [-0.15, -0.1) is 0 Å². The second kappa shape index (κ2) is 6.92. The fourth-order valence-electron chi connectivity index (χ4n) is 2.46. The molecule has 1 unspecified atom stereocenters. The molecule has 0 radical (unpaired) electrons. The van der Waals surface area contributed by atoms with Gasteiger partial charge in [0.05, 0.1) is 17.7 Å². The van der Waals surface area contributed by atoms with E-state index in [4.69, 9.17) is 15.2 Å². The molecule has 0 saturated carbocycles. The zero-order chi connectivity index (χ0) is 14.5. The molecule has 0 aliphatic carbocycles. The number of methoxy groups -OCH3 is 1. The Balaban J connectivity index is 3.01. The number of benzene rings is 1. The minimum Gasteiger partial charge on any atom is -0.491 e. The summed E-state index contributed by atoms with van der Waals surface area (Å²) in [7, 11) is 1.74. The minimum atomic E-state index is -0.309. The van der Waals surface area contributed by atoms with E-state index < -0.39 is 0 Å². The van der Waals surface area contributed by atoms with E-state index in [0.29, 0.717) is 0 Å². The first-order chi connectivity index (χ1) is 8.99. The maximum atomic E-state index is 6.42. The first-order valence-corrected chi connectivity index (χ1v) is 7.06. The van der Waals surface area contributed by atoms with Crippen LogP contribution in [0.1, 0.15) is 52.1 Å². The molecule has 0 fully saturated rings. The van der Waals surface area contributed by atoms with Crippen molar-refractivity contribution in [2.75, 3.05) is 7.11 Å². The lowest BCUT2D eigenvalue weighted by Gasteiger charge is -2.36. The molecule has 0 amide bonds. The monoisotopic (exact) mass is 265 g/mol. The second-order valence-electron chi connectivity index (χ2n) is 5.19. The second-order valence-corrected chi connectivity index (χ2v) is 5.19. The third-order valence-electron chi connectivity index (χ3n) is 3.76. The van der Waals surface area contributed by atoms with Crippen LogP contribution < -0.4 is 10.5 Å². The van der Waals surface area contributed by atoms with Crippen molar-refractivity contribution in [2.45, 2.75) is 58.3 Å². The smallest absolute Gasteiger partial charge is 0.120 e.